The van der Waals surface area contributed by atoms with E-state index in [-0.39, 0.29) is 17.7 Å². The number of ether oxygens (including phenoxy) is 1. The molecule has 0 aliphatic heterocycles. The molecular formula is C17H19NO3. The lowest BCUT2D eigenvalue weighted by molar-refractivity contribution is 0.0935. The summed E-state index contributed by atoms with van der Waals surface area (Å²) in [4.78, 5) is 12.4. The van der Waals surface area contributed by atoms with Crippen LogP contribution in [0.25, 0.3) is 0 Å². The highest BCUT2D eigenvalue weighted by molar-refractivity contribution is 5.95. The molecule has 0 saturated heterocycles. The minimum absolute atomic E-state index is 0.154. The first kappa shape index (κ1) is 15.1. The van der Waals surface area contributed by atoms with Crippen LogP contribution in [0.3, 0.4) is 0 Å². The predicted molar refractivity (Wildman–Crippen MR) is 81.1 cm³/mol. The Balaban J connectivity index is 2.14. The Hall–Kier alpha value is -2.33. The standard InChI is InChI=1S/C17H19NO3/c1-12(13-7-5-8-15(19)10-13)18-17(20)16-9-4-3-6-14(16)11-21-2/h3-10,12,19H,11H2,1-2H3,(H,18,20)/t12-/m1/s1. The lowest BCUT2D eigenvalue weighted by Gasteiger charge is -2.16. The number of nitrogens with one attached hydrogen (secondary N) is 1. The number of carbonyl (C=O) groups excluding carboxylic acids is 1. The maximum Gasteiger partial charge on any atom is 0.252 e. The van der Waals surface area contributed by atoms with Crippen molar-refractivity contribution in [2.75, 3.05) is 7.11 Å². The molecule has 21 heavy (non-hydrogen) atoms. The summed E-state index contributed by atoms with van der Waals surface area (Å²) in [5.41, 5.74) is 2.31. The Bertz CT molecular complexity index is 625. The number of phenolic OH excluding ortho intramolecular Hbond substituents is 1. The summed E-state index contributed by atoms with van der Waals surface area (Å²) in [6.45, 7) is 2.27. The molecule has 2 rings (SSSR count). The summed E-state index contributed by atoms with van der Waals surface area (Å²) in [6, 6.07) is 14.0. The highest BCUT2D eigenvalue weighted by Gasteiger charge is 2.14. The van der Waals surface area contributed by atoms with Crippen molar-refractivity contribution in [3.8, 4) is 5.75 Å². The monoisotopic (exact) mass is 285 g/mol. The molecule has 2 N–H and O–H groups in total. The Kier molecular flexibility index (Phi) is 4.95. The first-order valence-corrected chi connectivity index (χ1v) is 6.78. The number of phenols is 1. The third kappa shape index (κ3) is 3.83. The van der Waals surface area contributed by atoms with Crippen LogP contribution in [0, 0.1) is 0 Å². The number of rotatable bonds is 5. The number of hydrogen-bond acceptors (Lipinski definition) is 3. The van der Waals surface area contributed by atoms with E-state index in [0.717, 1.165) is 11.1 Å². The van der Waals surface area contributed by atoms with Crippen molar-refractivity contribution in [2.24, 2.45) is 0 Å². The van der Waals surface area contributed by atoms with Gasteiger partial charge in [0.1, 0.15) is 5.75 Å². The van der Waals surface area contributed by atoms with Crippen LogP contribution in [0.5, 0.6) is 5.75 Å². The van der Waals surface area contributed by atoms with E-state index in [1.54, 1.807) is 31.4 Å². The molecule has 4 heteroatoms. The summed E-state index contributed by atoms with van der Waals surface area (Å²) in [6.07, 6.45) is 0. The van der Waals surface area contributed by atoms with Crippen LogP contribution < -0.4 is 5.32 Å². The van der Waals surface area contributed by atoms with Gasteiger partial charge in [0, 0.05) is 12.7 Å². The zero-order valence-corrected chi connectivity index (χ0v) is 12.2. The second-order valence-corrected chi connectivity index (χ2v) is 4.88. The number of carbonyl (C=O) groups is 1. The first-order chi connectivity index (χ1) is 10.1. The van der Waals surface area contributed by atoms with E-state index in [1.807, 2.05) is 31.2 Å². The van der Waals surface area contributed by atoms with Gasteiger partial charge in [0.25, 0.3) is 5.91 Å². The average Bonchev–Trinajstić information content (AvgIpc) is 2.48. The average molecular weight is 285 g/mol. The van der Waals surface area contributed by atoms with Gasteiger partial charge < -0.3 is 15.2 Å². The van der Waals surface area contributed by atoms with E-state index in [0.29, 0.717) is 12.2 Å². The molecule has 2 aromatic carbocycles. The van der Waals surface area contributed by atoms with Crippen LogP contribution in [-0.2, 0) is 11.3 Å². The van der Waals surface area contributed by atoms with Gasteiger partial charge in [0.05, 0.1) is 12.6 Å². The van der Waals surface area contributed by atoms with E-state index < -0.39 is 0 Å². The van der Waals surface area contributed by atoms with Crippen LogP contribution in [-0.4, -0.2) is 18.1 Å². The Morgan fingerprint density at radius 2 is 2.00 bits per heavy atom. The number of amides is 1. The molecule has 0 aliphatic rings. The fourth-order valence-corrected chi connectivity index (χ4v) is 2.18. The first-order valence-electron chi connectivity index (χ1n) is 6.78. The summed E-state index contributed by atoms with van der Waals surface area (Å²) >= 11 is 0. The lowest BCUT2D eigenvalue weighted by Crippen LogP contribution is -2.27. The molecule has 1 amide bonds. The molecule has 0 heterocycles. The van der Waals surface area contributed by atoms with Crippen molar-refractivity contribution in [2.45, 2.75) is 19.6 Å². The van der Waals surface area contributed by atoms with Gasteiger partial charge in [-0.15, -0.1) is 0 Å². The van der Waals surface area contributed by atoms with Crippen molar-refractivity contribution < 1.29 is 14.6 Å². The SMILES string of the molecule is COCc1ccccc1C(=O)N[C@H](C)c1cccc(O)c1. The van der Waals surface area contributed by atoms with E-state index in [2.05, 4.69) is 5.32 Å². The zero-order chi connectivity index (χ0) is 15.2. The Labute approximate surface area is 124 Å². The van der Waals surface area contributed by atoms with Crippen molar-refractivity contribution in [3.63, 3.8) is 0 Å². The minimum atomic E-state index is -0.194. The summed E-state index contributed by atoms with van der Waals surface area (Å²) in [5.74, 6) is 0.0341. The Morgan fingerprint density at radius 3 is 2.71 bits per heavy atom. The number of benzene rings is 2. The van der Waals surface area contributed by atoms with Gasteiger partial charge in [-0.3, -0.25) is 4.79 Å². The third-order valence-electron chi connectivity index (χ3n) is 3.28. The third-order valence-corrected chi connectivity index (χ3v) is 3.28. The molecular weight excluding hydrogens is 266 g/mol. The number of aromatic hydroxyl groups is 1. The van der Waals surface area contributed by atoms with Crippen molar-refractivity contribution >= 4 is 5.91 Å². The molecule has 4 nitrogen and oxygen atoms in total. The second-order valence-electron chi connectivity index (χ2n) is 4.88. The van der Waals surface area contributed by atoms with Gasteiger partial charge in [-0.1, -0.05) is 30.3 Å². The van der Waals surface area contributed by atoms with E-state index in [1.165, 1.54) is 0 Å². The van der Waals surface area contributed by atoms with Gasteiger partial charge in [0.2, 0.25) is 0 Å². The number of methoxy groups -OCH3 is 1. The smallest absolute Gasteiger partial charge is 0.252 e. The summed E-state index contributed by atoms with van der Waals surface area (Å²) in [7, 11) is 1.60. The fraction of sp³-hybridized carbons (Fsp3) is 0.235. The van der Waals surface area contributed by atoms with Gasteiger partial charge in [-0.05, 0) is 36.2 Å². The molecule has 0 aliphatic carbocycles. The topological polar surface area (TPSA) is 58.6 Å². The molecule has 0 bridgehead atoms. The van der Waals surface area contributed by atoms with Crippen LogP contribution in [0.2, 0.25) is 0 Å². The minimum Gasteiger partial charge on any atom is -0.508 e. The molecule has 2 aromatic rings. The quantitative estimate of drug-likeness (QED) is 0.887. The summed E-state index contributed by atoms with van der Waals surface area (Å²) < 4.78 is 5.11. The maximum atomic E-state index is 12.4. The maximum absolute atomic E-state index is 12.4. The zero-order valence-electron chi connectivity index (χ0n) is 12.2. The second kappa shape index (κ2) is 6.90. The van der Waals surface area contributed by atoms with Crippen molar-refractivity contribution in [1.82, 2.24) is 5.32 Å². The normalized spacial score (nSPS) is 11.9. The van der Waals surface area contributed by atoms with Crippen molar-refractivity contribution in [3.05, 3.63) is 65.2 Å². The van der Waals surface area contributed by atoms with Crippen LogP contribution in [0.4, 0.5) is 0 Å². The highest BCUT2D eigenvalue weighted by atomic mass is 16.5. The molecule has 0 unspecified atom stereocenters. The van der Waals surface area contributed by atoms with E-state index in [9.17, 15) is 9.90 Å². The van der Waals surface area contributed by atoms with Crippen LogP contribution in [0.1, 0.15) is 34.5 Å². The van der Waals surface area contributed by atoms with Crippen LogP contribution in [0.15, 0.2) is 48.5 Å². The van der Waals surface area contributed by atoms with Gasteiger partial charge in [-0.2, -0.15) is 0 Å². The largest absolute Gasteiger partial charge is 0.508 e. The molecule has 0 fully saturated rings. The van der Waals surface area contributed by atoms with Crippen molar-refractivity contribution in [1.29, 1.82) is 0 Å². The molecule has 0 spiro atoms. The van der Waals surface area contributed by atoms with E-state index >= 15 is 0 Å². The molecule has 0 saturated carbocycles. The van der Waals surface area contributed by atoms with Gasteiger partial charge >= 0.3 is 0 Å². The predicted octanol–water partition coefficient (Wildman–Crippen LogP) is 3.03. The van der Waals surface area contributed by atoms with E-state index in [4.69, 9.17) is 4.74 Å². The lowest BCUT2D eigenvalue weighted by atomic mass is 10.0. The fourth-order valence-electron chi connectivity index (χ4n) is 2.18. The Morgan fingerprint density at radius 1 is 1.24 bits per heavy atom. The summed E-state index contributed by atoms with van der Waals surface area (Å²) in [5, 5.41) is 12.4. The van der Waals surface area contributed by atoms with Gasteiger partial charge in [0.15, 0.2) is 0 Å². The highest BCUT2D eigenvalue weighted by Crippen LogP contribution is 2.19. The van der Waals surface area contributed by atoms with Gasteiger partial charge in [-0.25, -0.2) is 0 Å². The molecule has 110 valence electrons. The molecule has 0 aromatic heterocycles. The van der Waals surface area contributed by atoms with Crippen LogP contribution >= 0.6 is 0 Å². The number of hydrogen-bond donors (Lipinski definition) is 2. The molecule has 0 radical (unpaired) electrons. The molecule has 1 atom stereocenters.